The smallest absolute Gasteiger partial charge is 0.218 e. The number of primary amides is 1. The van der Waals surface area contributed by atoms with E-state index in [1.165, 1.54) is 0 Å². The van der Waals surface area contributed by atoms with Gasteiger partial charge < -0.3 is 10.5 Å². The summed E-state index contributed by atoms with van der Waals surface area (Å²) in [7, 11) is 1.55. The summed E-state index contributed by atoms with van der Waals surface area (Å²) in [6, 6.07) is 3.54. The lowest BCUT2D eigenvalue weighted by atomic mass is 10.2. The molecule has 4 heteroatoms. The van der Waals surface area contributed by atoms with Crippen molar-refractivity contribution in [3.63, 3.8) is 0 Å². The van der Waals surface area contributed by atoms with E-state index in [9.17, 15) is 4.79 Å². The predicted octanol–water partition coefficient (Wildman–Crippen LogP) is 0.518. The summed E-state index contributed by atoms with van der Waals surface area (Å²) >= 11 is 0. The summed E-state index contributed by atoms with van der Waals surface area (Å²) in [5.74, 6) is 0.261. The van der Waals surface area contributed by atoms with Crippen molar-refractivity contribution in [1.82, 2.24) is 4.98 Å². The Bertz CT molecular complexity index is 299. The van der Waals surface area contributed by atoms with E-state index in [1.807, 2.05) is 0 Å². The van der Waals surface area contributed by atoms with Crippen LogP contribution in [-0.2, 0) is 4.79 Å². The fraction of sp³-hybridized carbons (Fsp3) is 0.222. The summed E-state index contributed by atoms with van der Waals surface area (Å²) in [5, 5.41) is 0. The first-order valence-electron chi connectivity index (χ1n) is 3.84. The van der Waals surface area contributed by atoms with E-state index in [1.54, 1.807) is 31.9 Å². The van der Waals surface area contributed by atoms with Crippen LogP contribution in [0.1, 0.15) is 12.1 Å². The standard InChI is InChI=1S/C9H11N2O2/c1-13-8-3-2-6-11-7(8)4-5-9(10)12/h2-4,6H,5H2,1H3,(H2,10,12). The molecule has 0 unspecified atom stereocenters. The van der Waals surface area contributed by atoms with Gasteiger partial charge in [-0.3, -0.25) is 9.78 Å². The normalized spacial score (nSPS) is 9.62. The predicted molar refractivity (Wildman–Crippen MR) is 48.0 cm³/mol. The van der Waals surface area contributed by atoms with Crippen LogP contribution in [0.3, 0.4) is 0 Å². The third kappa shape index (κ3) is 2.74. The second kappa shape index (κ2) is 4.45. The van der Waals surface area contributed by atoms with Crippen LogP contribution in [-0.4, -0.2) is 18.0 Å². The molecule has 1 rings (SSSR count). The number of nitrogens with zero attached hydrogens (tertiary/aromatic N) is 1. The summed E-state index contributed by atoms with van der Waals surface area (Å²) < 4.78 is 5.03. The molecule has 0 aliphatic heterocycles. The minimum atomic E-state index is -0.382. The van der Waals surface area contributed by atoms with Crippen LogP contribution in [0.4, 0.5) is 0 Å². The number of amides is 1. The monoisotopic (exact) mass is 179 g/mol. The lowest BCUT2D eigenvalue weighted by Gasteiger charge is -2.04. The molecule has 2 N–H and O–H groups in total. The van der Waals surface area contributed by atoms with Crippen molar-refractivity contribution in [2.75, 3.05) is 7.11 Å². The second-order valence-electron chi connectivity index (χ2n) is 2.47. The Balaban J connectivity index is 2.69. The lowest BCUT2D eigenvalue weighted by molar-refractivity contribution is -0.117. The van der Waals surface area contributed by atoms with Gasteiger partial charge in [0.05, 0.1) is 12.8 Å². The Morgan fingerprint density at radius 2 is 2.54 bits per heavy atom. The number of rotatable bonds is 4. The Hall–Kier alpha value is -1.58. The maximum absolute atomic E-state index is 10.5. The molecular weight excluding hydrogens is 168 g/mol. The van der Waals surface area contributed by atoms with Gasteiger partial charge in [0.2, 0.25) is 5.91 Å². The zero-order chi connectivity index (χ0) is 9.68. The molecule has 0 aliphatic rings. The Labute approximate surface area is 76.7 Å². The summed E-state index contributed by atoms with van der Waals surface area (Å²) in [6.07, 6.45) is 3.45. The van der Waals surface area contributed by atoms with Gasteiger partial charge in [0, 0.05) is 19.0 Å². The molecule has 0 bridgehead atoms. The van der Waals surface area contributed by atoms with Crippen molar-refractivity contribution in [3.05, 3.63) is 30.4 Å². The van der Waals surface area contributed by atoms with Crippen molar-refractivity contribution in [3.8, 4) is 5.75 Å². The van der Waals surface area contributed by atoms with Crippen molar-refractivity contribution in [1.29, 1.82) is 0 Å². The molecule has 0 aromatic carbocycles. The Morgan fingerprint density at radius 3 is 3.15 bits per heavy atom. The highest BCUT2D eigenvalue weighted by molar-refractivity contribution is 5.75. The number of methoxy groups -OCH3 is 1. The molecule has 0 atom stereocenters. The van der Waals surface area contributed by atoms with Crippen LogP contribution < -0.4 is 10.5 Å². The second-order valence-corrected chi connectivity index (χ2v) is 2.47. The zero-order valence-electron chi connectivity index (χ0n) is 7.36. The van der Waals surface area contributed by atoms with Gasteiger partial charge in [-0.25, -0.2) is 0 Å². The zero-order valence-corrected chi connectivity index (χ0v) is 7.36. The number of aromatic nitrogens is 1. The van der Waals surface area contributed by atoms with E-state index >= 15 is 0 Å². The van der Waals surface area contributed by atoms with Gasteiger partial charge in [-0.2, -0.15) is 0 Å². The number of carbonyl (C=O) groups excluding carboxylic acids is 1. The molecular formula is C9H11N2O2. The van der Waals surface area contributed by atoms with Crippen molar-refractivity contribution in [2.24, 2.45) is 5.73 Å². The van der Waals surface area contributed by atoms with Crippen molar-refractivity contribution in [2.45, 2.75) is 6.42 Å². The molecule has 13 heavy (non-hydrogen) atoms. The fourth-order valence-electron chi connectivity index (χ4n) is 0.926. The van der Waals surface area contributed by atoms with Gasteiger partial charge >= 0.3 is 0 Å². The van der Waals surface area contributed by atoms with E-state index in [4.69, 9.17) is 10.5 Å². The summed E-state index contributed by atoms with van der Waals surface area (Å²) in [5.41, 5.74) is 5.64. The quantitative estimate of drug-likeness (QED) is 0.732. The van der Waals surface area contributed by atoms with Crippen LogP contribution >= 0.6 is 0 Å². The lowest BCUT2D eigenvalue weighted by Crippen LogP contribution is -2.10. The molecule has 0 spiro atoms. The highest BCUT2D eigenvalue weighted by Crippen LogP contribution is 2.16. The van der Waals surface area contributed by atoms with E-state index in [0.717, 1.165) is 0 Å². The molecule has 1 radical (unpaired) electrons. The molecule has 4 nitrogen and oxygen atoms in total. The van der Waals surface area contributed by atoms with E-state index in [2.05, 4.69) is 4.98 Å². The van der Waals surface area contributed by atoms with Crippen molar-refractivity contribution >= 4 is 5.91 Å². The molecule has 1 amide bonds. The Kier molecular flexibility index (Phi) is 3.25. The SMILES string of the molecule is COc1cccnc1[CH]CC(N)=O. The van der Waals surface area contributed by atoms with Crippen LogP contribution in [0.2, 0.25) is 0 Å². The highest BCUT2D eigenvalue weighted by atomic mass is 16.5. The molecule has 1 heterocycles. The minimum Gasteiger partial charge on any atom is -0.495 e. The van der Waals surface area contributed by atoms with E-state index < -0.39 is 0 Å². The number of hydrogen-bond acceptors (Lipinski definition) is 3. The molecule has 0 aliphatic carbocycles. The van der Waals surface area contributed by atoms with Crippen LogP contribution in [0.5, 0.6) is 5.75 Å². The number of nitrogens with two attached hydrogens (primary N) is 1. The van der Waals surface area contributed by atoms with Crippen molar-refractivity contribution < 1.29 is 9.53 Å². The van der Waals surface area contributed by atoms with Crippen LogP contribution in [0.25, 0.3) is 0 Å². The fourth-order valence-corrected chi connectivity index (χ4v) is 0.926. The van der Waals surface area contributed by atoms with Gasteiger partial charge in [-0.05, 0) is 12.1 Å². The van der Waals surface area contributed by atoms with E-state index in [-0.39, 0.29) is 12.3 Å². The van der Waals surface area contributed by atoms with Gasteiger partial charge in [0.1, 0.15) is 5.75 Å². The van der Waals surface area contributed by atoms with Gasteiger partial charge in [-0.15, -0.1) is 0 Å². The molecule has 0 saturated heterocycles. The largest absolute Gasteiger partial charge is 0.495 e. The average molecular weight is 179 g/mol. The first-order chi connectivity index (χ1) is 6.24. The molecule has 0 fully saturated rings. The third-order valence-corrected chi connectivity index (χ3v) is 1.52. The molecule has 1 aromatic heterocycles. The first-order valence-corrected chi connectivity index (χ1v) is 3.84. The summed E-state index contributed by atoms with van der Waals surface area (Å²) in [6.45, 7) is 0. The van der Waals surface area contributed by atoms with E-state index in [0.29, 0.717) is 11.4 Å². The molecule has 0 saturated carbocycles. The topological polar surface area (TPSA) is 65.2 Å². The van der Waals surface area contributed by atoms with Crippen LogP contribution in [0.15, 0.2) is 18.3 Å². The molecule has 69 valence electrons. The maximum atomic E-state index is 10.5. The third-order valence-electron chi connectivity index (χ3n) is 1.52. The highest BCUT2D eigenvalue weighted by Gasteiger charge is 2.04. The Morgan fingerprint density at radius 1 is 1.77 bits per heavy atom. The van der Waals surface area contributed by atoms with Gasteiger partial charge in [0.15, 0.2) is 0 Å². The molecule has 1 aromatic rings. The number of hydrogen-bond donors (Lipinski definition) is 1. The maximum Gasteiger partial charge on any atom is 0.218 e. The minimum absolute atomic E-state index is 0.174. The number of pyridine rings is 1. The average Bonchev–Trinajstić information content (AvgIpc) is 2.15. The van der Waals surface area contributed by atoms with Crippen LogP contribution in [0, 0.1) is 6.42 Å². The van der Waals surface area contributed by atoms with Gasteiger partial charge in [-0.1, -0.05) is 0 Å². The van der Waals surface area contributed by atoms with Gasteiger partial charge in [0.25, 0.3) is 0 Å². The number of carbonyl (C=O) groups is 1. The first kappa shape index (κ1) is 9.51. The number of ether oxygens (including phenoxy) is 1. The summed E-state index contributed by atoms with van der Waals surface area (Å²) in [4.78, 5) is 14.5.